The molecule has 3 heterocycles. The number of rotatable bonds is 7. The van der Waals surface area contributed by atoms with E-state index < -0.39 is 6.10 Å². The lowest BCUT2D eigenvalue weighted by Crippen LogP contribution is -2.35. The molecule has 9 nitrogen and oxygen atoms in total. The number of nitrogens with zero attached hydrogens (tertiary/aromatic N) is 5. The number of nitrogens with one attached hydrogen (secondary N) is 1. The van der Waals surface area contributed by atoms with Gasteiger partial charge in [-0.25, -0.2) is 9.31 Å². The minimum absolute atomic E-state index is 0.211. The quantitative estimate of drug-likeness (QED) is 0.463. The number of fused-ring (bicyclic) bond motifs is 1. The van der Waals surface area contributed by atoms with Crippen LogP contribution in [0.3, 0.4) is 0 Å². The Kier molecular flexibility index (Phi) is 6.14. The Labute approximate surface area is 191 Å². The van der Waals surface area contributed by atoms with Crippen molar-refractivity contribution in [1.29, 1.82) is 0 Å². The number of piperidine rings is 1. The molecule has 33 heavy (non-hydrogen) atoms. The van der Waals surface area contributed by atoms with Crippen molar-refractivity contribution in [3.05, 3.63) is 71.9 Å². The van der Waals surface area contributed by atoms with E-state index in [2.05, 4.69) is 31.7 Å². The van der Waals surface area contributed by atoms with E-state index in [1.165, 1.54) is 0 Å². The molecule has 0 radical (unpaired) electrons. The number of amides is 1. The number of hydrogen-bond donors (Lipinski definition) is 1. The predicted molar refractivity (Wildman–Crippen MR) is 122 cm³/mol. The maximum absolute atomic E-state index is 12.9. The van der Waals surface area contributed by atoms with Crippen molar-refractivity contribution in [2.24, 2.45) is 0 Å². The summed E-state index contributed by atoms with van der Waals surface area (Å²) in [7, 11) is 1.54. The Bertz CT molecular complexity index is 1210. The molecule has 1 aliphatic rings. The number of hydrogen-bond acceptors (Lipinski definition) is 7. The van der Waals surface area contributed by atoms with Gasteiger partial charge in [0.15, 0.2) is 6.10 Å². The minimum atomic E-state index is -0.676. The number of benzene rings is 2. The molecule has 5 rings (SSSR count). The summed E-state index contributed by atoms with van der Waals surface area (Å²) in [5.74, 6) is 0.479. The van der Waals surface area contributed by atoms with Gasteiger partial charge in [-0.15, -0.1) is 0 Å². The molecule has 1 atom stereocenters. The first-order chi connectivity index (χ1) is 16.2. The third-order valence-corrected chi connectivity index (χ3v) is 6.16. The van der Waals surface area contributed by atoms with E-state index in [-0.39, 0.29) is 11.9 Å². The van der Waals surface area contributed by atoms with Crippen molar-refractivity contribution >= 4 is 22.8 Å². The Morgan fingerprint density at radius 3 is 2.73 bits per heavy atom. The van der Waals surface area contributed by atoms with Crippen LogP contribution in [0.4, 0.5) is 5.82 Å². The van der Waals surface area contributed by atoms with Crippen LogP contribution in [0.5, 0.6) is 0 Å². The second-order valence-corrected chi connectivity index (χ2v) is 8.23. The van der Waals surface area contributed by atoms with Crippen LogP contribution >= 0.6 is 0 Å². The van der Waals surface area contributed by atoms with Crippen molar-refractivity contribution in [1.82, 2.24) is 25.0 Å². The van der Waals surface area contributed by atoms with E-state index in [9.17, 15) is 4.79 Å². The van der Waals surface area contributed by atoms with E-state index in [0.29, 0.717) is 5.82 Å². The van der Waals surface area contributed by atoms with Crippen LogP contribution in [-0.4, -0.2) is 51.1 Å². The molecule has 1 amide bonds. The van der Waals surface area contributed by atoms with Gasteiger partial charge in [0, 0.05) is 32.8 Å². The van der Waals surface area contributed by atoms with Crippen LogP contribution in [0.15, 0.2) is 65.4 Å². The van der Waals surface area contributed by atoms with E-state index >= 15 is 0 Å². The van der Waals surface area contributed by atoms with Gasteiger partial charge in [0.2, 0.25) is 0 Å². The van der Waals surface area contributed by atoms with E-state index in [1.54, 1.807) is 13.3 Å². The zero-order valence-corrected chi connectivity index (χ0v) is 18.4. The second-order valence-electron chi connectivity index (χ2n) is 8.23. The van der Waals surface area contributed by atoms with Crippen molar-refractivity contribution in [3.63, 3.8) is 0 Å². The molecule has 1 fully saturated rings. The van der Waals surface area contributed by atoms with Crippen molar-refractivity contribution in [2.75, 3.05) is 25.5 Å². The van der Waals surface area contributed by atoms with Gasteiger partial charge in [-0.3, -0.25) is 9.69 Å². The standard InChI is InChI=1S/C24H26N6O3/c1-32-23(17-6-3-2-4-7-17)24(31)26-21-10-13-25-30(21)19-11-14-29(15-12-19)16-18-8-5-9-20-22(18)28-33-27-20/h2-10,13,19,23H,11-12,14-16H2,1H3,(H,26,31). The summed E-state index contributed by atoms with van der Waals surface area (Å²) >= 11 is 0. The number of anilines is 1. The Hall–Kier alpha value is -3.56. The molecular formula is C24H26N6O3. The fourth-order valence-electron chi connectivity index (χ4n) is 4.47. The number of aromatic nitrogens is 4. The highest BCUT2D eigenvalue weighted by atomic mass is 16.6. The summed E-state index contributed by atoms with van der Waals surface area (Å²) in [4.78, 5) is 15.3. The SMILES string of the molecule is COC(C(=O)Nc1ccnn1C1CCN(Cc2cccc3nonc23)CC1)c1ccccc1. The maximum Gasteiger partial charge on any atom is 0.259 e. The van der Waals surface area contributed by atoms with Gasteiger partial charge in [-0.2, -0.15) is 5.10 Å². The summed E-state index contributed by atoms with van der Waals surface area (Å²) in [6.07, 6.45) is 2.92. The maximum atomic E-state index is 12.9. The van der Waals surface area contributed by atoms with Gasteiger partial charge in [0.1, 0.15) is 16.9 Å². The van der Waals surface area contributed by atoms with Crippen LogP contribution in [0.25, 0.3) is 11.0 Å². The smallest absolute Gasteiger partial charge is 0.259 e. The molecule has 1 unspecified atom stereocenters. The fraction of sp³-hybridized carbons (Fsp3) is 0.333. The second kappa shape index (κ2) is 9.51. The predicted octanol–water partition coefficient (Wildman–Crippen LogP) is 3.58. The molecule has 2 aromatic carbocycles. The topological polar surface area (TPSA) is 98.3 Å². The van der Waals surface area contributed by atoms with E-state index in [1.807, 2.05) is 53.2 Å². The van der Waals surface area contributed by atoms with Crippen LogP contribution in [0.1, 0.15) is 36.1 Å². The number of ether oxygens (including phenoxy) is 1. The molecule has 1 N–H and O–H groups in total. The molecule has 170 valence electrons. The number of likely N-dealkylation sites (tertiary alicyclic amines) is 1. The summed E-state index contributed by atoms with van der Waals surface area (Å²) in [6, 6.07) is 17.5. The fourth-order valence-corrected chi connectivity index (χ4v) is 4.47. The molecule has 2 aromatic heterocycles. The van der Waals surface area contributed by atoms with E-state index in [4.69, 9.17) is 9.37 Å². The first kappa shape index (κ1) is 21.3. The van der Waals surface area contributed by atoms with Gasteiger partial charge >= 0.3 is 0 Å². The third kappa shape index (κ3) is 4.50. The van der Waals surface area contributed by atoms with Crippen LogP contribution in [0, 0.1) is 0 Å². The summed E-state index contributed by atoms with van der Waals surface area (Å²) in [6.45, 7) is 2.64. The third-order valence-electron chi connectivity index (χ3n) is 6.16. The van der Waals surface area contributed by atoms with Gasteiger partial charge in [-0.1, -0.05) is 42.5 Å². The Morgan fingerprint density at radius 2 is 1.94 bits per heavy atom. The van der Waals surface area contributed by atoms with Gasteiger partial charge in [0.25, 0.3) is 5.91 Å². The summed E-state index contributed by atoms with van der Waals surface area (Å²) in [5, 5.41) is 15.5. The molecule has 0 spiro atoms. The lowest BCUT2D eigenvalue weighted by molar-refractivity contribution is -0.126. The zero-order chi connectivity index (χ0) is 22.6. The van der Waals surface area contributed by atoms with E-state index in [0.717, 1.165) is 54.6 Å². The molecule has 9 heteroatoms. The van der Waals surface area contributed by atoms with Gasteiger partial charge in [0.05, 0.1) is 12.2 Å². The number of carbonyl (C=O) groups is 1. The summed E-state index contributed by atoms with van der Waals surface area (Å²) in [5.41, 5.74) is 3.53. The lowest BCUT2D eigenvalue weighted by Gasteiger charge is -2.32. The normalized spacial score (nSPS) is 16.2. The average molecular weight is 447 g/mol. The molecule has 1 aliphatic heterocycles. The summed E-state index contributed by atoms with van der Waals surface area (Å²) < 4.78 is 12.3. The lowest BCUT2D eigenvalue weighted by atomic mass is 10.0. The van der Waals surface area contributed by atoms with Gasteiger partial charge < -0.3 is 10.1 Å². The molecule has 4 aromatic rings. The van der Waals surface area contributed by atoms with Crippen molar-refractivity contribution < 1.29 is 14.2 Å². The monoisotopic (exact) mass is 446 g/mol. The Morgan fingerprint density at radius 1 is 1.12 bits per heavy atom. The minimum Gasteiger partial charge on any atom is -0.367 e. The highest BCUT2D eigenvalue weighted by Gasteiger charge is 2.26. The zero-order valence-electron chi connectivity index (χ0n) is 18.4. The van der Waals surface area contributed by atoms with Crippen molar-refractivity contribution in [2.45, 2.75) is 31.5 Å². The Balaban J connectivity index is 1.22. The largest absolute Gasteiger partial charge is 0.367 e. The van der Waals surface area contributed by atoms with Crippen LogP contribution in [-0.2, 0) is 16.1 Å². The molecule has 0 bridgehead atoms. The van der Waals surface area contributed by atoms with Gasteiger partial charge in [-0.05, 0) is 40.3 Å². The average Bonchev–Trinajstić information content (AvgIpc) is 3.51. The molecule has 0 saturated carbocycles. The highest BCUT2D eigenvalue weighted by Crippen LogP contribution is 2.28. The molecular weight excluding hydrogens is 420 g/mol. The first-order valence-corrected chi connectivity index (χ1v) is 11.1. The number of carbonyl (C=O) groups excluding carboxylic acids is 1. The molecule has 1 saturated heterocycles. The van der Waals surface area contributed by atoms with Crippen LogP contribution in [0.2, 0.25) is 0 Å². The number of methoxy groups -OCH3 is 1. The highest BCUT2D eigenvalue weighted by molar-refractivity contribution is 5.94. The van der Waals surface area contributed by atoms with Crippen LogP contribution < -0.4 is 5.32 Å². The molecule has 0 aliphatic carbocycles. The van der Waals surface area contributed by atoms with Crippen molar-refractivity contribution in [3.8, 4) is 0 Å². The first-order valence-electron chi connectivity index (χ1n) is 11.1.